The third-order valence-corrected chi connectivity index (χ3v) is 3.29. The highest BCUT2D eigenvalue weighted by molar-refractivity contribution is 5.53. The van der Waals surface area contributed by atoms with Crippen LogP contribution in [0.3, 0.4) is 0 Å². The molecule has 0 aliphatic heterocycles. The van der Waals surface area contributed by atoms with Gasteiger partial charge in [0.2, 0.25) is 11.7 Å². The number of hydrogen-bond donors (Lipinski definition) is 1. The van der Waals surface area contributed by atoms with E-state index in [0.717, 1.165) is 23.2 Å². The minimum absolute atomic E-state index is 0.226. The van der Waals surface area contributed by atoms with Crippen molar-refractivity contribution in [1.82, 2.24) is 15.1 Å². The predicted octanol–water partition coefficient (Wildman–Crippen LogP) is 2.99. The molecule has 106 valence electrons. The highest BCUT2D eigenvalue weighted by Gasteiger charge is 2.14. The van der Waals surface area contributed by atoms with Crippen molar-refractivity contribution in [2.75, 3.05) is 0 Å². The Morgan fingerprint density at radius 2 is 1.90 bits per heavy atom. The fraction of sp³-hybridized carbons (Fsp3) is 0.188. The number of benzene rings is 1. The molecule has 3 aromatic rings. The first kappa shape index (κ1) is 13.3. The minimum atomic E-state index is 0.226. The average molecular weight is 281 g/mol. The summed E-state index contributed by atoms with van der Waals surface area (Å²) in [4.78, 5) is 8.70. The lowest BCUT2D eigenvalue weighted by Gasteiger charge is -2.01. The quantitative estimate of drug-likeness (QED) is 0.796. The third-order valence-electron chi connectivity index (χ3n) is 3.29. The van der Waals surface area contributed by atoms with E-state index in [9.17, 15) is 5.11 Å². The lowest BCUT2D eigenvalue weighted by atomic mass is 10.1. The molecular formula is C16H15N3O2. The van der Waals surface area contributed by atoms with E-state index in [1.54, 1.807) is 18.3 Å². The predicted molar refractivity (Wildman–Crippen MR) is 77.8 cm³/mol. The van der Waals surface area contributed by atoms with Gasteiger partial charge in [0, 0.05) is 11.8 Å². The highest BCUT2D eigenvalue weighted by Crippen LogP contribution is 2.22. The van der Waals surface area contributed by atoms with Crippen LogP contribution in [0.5, 0.6) is 5.75 Å². The van der Waals surface area contributed by atoms with Crippen LogP contribution in [-0.4, -0.2) is 20.2 Å². The van der Waals surface area contributed by atoms with Crippen molar-refractivity contribution in [3.63, 3.8) is 0 Å². The summed E-state index contributed by atoms with van der Waals surface area (Å²) in [5, 5.41) is 13.8. The largest absolute Gasteiger partial charge is 0.508 e. The molecule has 0 aliphatic carbocycles. The summed E-state index contributed by atoms with van der Waals surface area (Å²) in [5.74, 6) is 1.17. The Morgan fingerprint density at radius 1 is 1.10 bits per heavy atom. The molecule has 5 heteroatoms. The van der Waals surface area contributed by atoms with Crippen molar-refractivity contribution >= 4 is 0 Å². The van der Waals surface area contributed by atoms with Crippen LogP contribution in [0.25, 0.3) is 11.5 Å². The number of hydrogen-bond acceptors (Lipinski definition) is 5. The van der Waals surface area contributed by atoms with E-state index in [4.69, 9.17) is 4.52 Å². The second-order valence-corrected chi connectivity index (χ2v) is 4.68. The molecule has 0 unspecified atom stereocenters. The van der Waals surface area contributed by atoms with Gasteiger partial charge in [0.05, 0.1) is 6.42 Å². The summed E-state index contributed by atoms with van der Waals surface area (Å²) in [6.07, 6.45) is 2.97. The van der Waals surface area contributed by atoms with Crippen LogP contribution in [0.1, 0.15) is 23.9 Å². The zero-order chi connectivity index (χ0) is 14.7. The molecule has 2 heterocycles. The van der Waals surface area contributed by atoms with Crippen LogP contribution in [-0.2, 0) is 12.8 Å². The van der Waals surface area contributed by atoms with Crippen LogP contribution in [0.2, 0.25) is 0 Å². The molecular weight excluding hydrogens is 266 g/mol. The normalized spacial score (nSPS) is 10.7. The number of nitrogens with zero attached hydrogens (tertiary/aromatic N) is 3. The van der Waals surface area contributed by atoms with E-state index in [2.05, 4.69) is 22.0 Å². The first-order chi connectivity index (χ1) is 10.3. The van der Waals surface area contributed by atoms with Gasteiger partial charge in [-0.05, 0) is 24.1 Å². The Hall–Kier alpha value is -2.69. The number of rotatable bonds is 4. The van der Waals surface area contributed by atoms with E-state index < -0.39 is 0 Å². The van der Waals surface area contributed by atoms with Crippen LogP contribution < -0.4 is 0 Å². The molecule has 0 fully saturated rings. The number of aryl methyl sites for hydroxylation is 1. The topological polar surface area (TPSA) is 72.0 Å². The molecule has 5 nitrogen and oxygen atoms in total. The number of pyridine rings is 1. The fourth-order valence-electron chi connectivity index (χ4n) is 2.17. The maximum Gasteiger partial charge on any atom is 0.231 e. The van der Waals surface area contributed by atoms with Crippen molar-refractivity contribution < 1.29 is 9.63 Å². The number of aromatic hydroxyl groups is 1. The van der Waals surface area contributed by atoms with Gasteiger partial charge in [0.25, 0.3) is 0 Å². The highest BCUT2D eigenvalue weighted by atomic mass is 16.5. The summed E-state index contributed by atoms with van der Waals surface area (Å²) >= 11 is 0. The van der Waals surface area contributed by atoms with Crippen molar-refractivity contribution in [3.05, 3.63) is 59.6 Å². The monoisotopic (exact) mass is 281 g/mol. The minimum Gasteiger partial charge on any atom is -0.508 e. The Bertz CT molecular complexity index is 753. The molecule has 2 aromatic heterocycles. The average Bonchev–Trinajstić information content (AvgIpc) is 2.98. The van der Waals surface area contributed by atoms with E-state index >= 15 is 0 Å². The Morgan fingerprint density at radius 3 is 2.71 bits per heavy atom. The van der Waals surface area contributed by atoms with Gasteiger partial charge in [0.1, 0.15) is 11.4 Å². The number of aromatic nitrogens is 3. The molecule has 3 rings (SSSR count). The van der Waals surface area contributed by atoms with Crippen LogP contribution >= 0.6 is 0 Å². The maximum absolute atomic E-state index is 9.78. The van der Waals surface area contributed by atoms with Gasteiger partial charge < -0.3 is 9.63 Å². The third kappa shape index (κ3) is 2.76. The molecule has 0 bridgehead atoms. The van der Waals surface area contributed by atoms with E-state index in [1.165, 1.54) is 0 Å². The molecule has 0 spiro atoms. The van der Waals surface area contributed by atoms with Gasteiger partial charge >= 0.3 is 0 Å². The lowest BCUT2D eigenvalue weighted by molar-refractivity contribution is 0.383. The van der Waals surface area contributed by atoms with Crippen molar-refractivity contribution in [2.45, 2.75) is 19.8 Å². The van der Waals surface area contributed by atoms with Gasteiger partial charge in [-0.15, -0.1) is 0 Å². The molecule has 0 radical (unpaired) electrons. The van der Waals surface area contributed by atoms with Crippen LogP contribution in [0.15, 0.2) is 47.1 Å². The molecule has 0 atom stereocenters. The van der Waals surface area contributed by atoms with Crippen molar-refractivity contribution in [2.24, 2.45) is 0 Å². The van der Waals surface area contributed by atoms with E-state index in [1.807, 2.05) is 24.3 Å². The second-order valence-electron chi connectivity index (χ2n) is 4.68. The van der Waals surface area contributed by atoms with Crippen LogP contribution in [0, 0.1) is 0 Å². The zero-order valence-corrected chi connectivity index (χ0v) is 11.7. The molecule has 0 aliphatic rings. The van der Waals surface area contributed by atoms with Gasteiger partial charge in [-0.2, -0.15) is 4.98 Å². The molecule has 0 amide bonds. The standard InChI is InChI=1S/C16H15N3O2/c1-2-11-7-5-9-17-15(11)16-18-14(21-19-16)10-12-6-3-4-8-13(12)20/h3-9,20H,2,10H2,1H3. The summed E-state index contributed by atoms with van der Waals surface area (Å²) in [6.45, 7) is 2.06. The number of phenolic OH excluding ortho intramolecular Hbond substituents is 1. The Kier molecular flexibility index (Phi) is 3.64. The van der Waals surface area contributed by atoms with Crippen molar-refractivity contribution in [3.8, 4) is 17.3 Å². The summed E-state index contributed by atoms with van der Waals surface area (Å²) < 4.78 is 5.27. The number of para-hydroxylation sites is 1. The van der Waals surface area contributed by atoms with Crippen molar-refractivity contribution in [1.29, 1.82) is 0 Å². The molecule has 1 N–H and O–H groups in total. The van der Waals surface area contributed by atoms with Crippen LogP contribution in [0.4, 0.5) is 0 Å². The summed E-state index contributed by atoms with van der Waals surface area (Å²) in [7, 11) is 0. The first-order valence-electron chi connectivity index (χ1n) is 6.81. The second kappa shape index (κ2) is 5.75. The fourth-order valence-corrected chi connectivity index (χ4v) is 2.17. The van der Waals surface area contributed by atoms with Gasteiger partial charge in [0.15, 0.2) is 0 Å². The Balaban J connectivity index is 1.89. The van der Waals surface area contributed by atoms with Gasteiger partial charge in [-0.25, -0.2) is 0 Å². The van der Waals surface area contributed by atoms with E-state index in [0.29, 0.717) is 18.1 Å². The van der Waals surface area contributed by atoms with Gasteiger partial charge in [-0.3, -0.25) is 4.98 Å². The molecule has 0 saturated heterocycles. The summed E-state index contributed by atoms with van der Waals surface area (Å²) in [6, 6.07) is 11.0. The summed E-state index contributed by atoms with van der Waals surface area (Å²) in [5.41, 5.74) is 2.57. The molecule has 21 heavy (non-hydrogen) atoms. The van der Waals surface area contributed by atoms with Gasteiger partial charge in [-0.1, -0.05) is 36.3 Å². The lowest BCUT2D eigenvalue weighted by Crippen LogP contribution is -1.93. The zero-order valence-electron chi connectivity index (χ0n) is 11.7. The molecule has 1 aromatic carbocycles. The molecule has 0 saturated carbocycles. The van der Waals surface area contributed by atoms with E-state index in [-0.39, 0.29) is 5.75 Å². The smallest absolute Gasteiger partial charge is 0.231 e. The number of phenols is 1. The SMILES string of the molecule is CCc1cccnc1-c1noc(Cc2ccccc2O)n1. The first-order valence-corrected chi connectivity index (χ1v) is 6.81. The maximum atomic E-state index is 9.78. The Labute approximate surface area is 122 Å².